The first-order valence-corrected chi connectivity index (χ1v) is 13.8. The minimum atomic E-state index is -3.20. The molecule has 34 heavy (non-hydrogen) atoms. The van der Waals surface area contributed by atoms with E-state index in [1.807, 2.05) is 0 Å². The summed E-state index contributed by atoms with van der Waals surface area (Å²) >= 11 is 0. The van der Waals surface area contributed by atoms with Gasteiger partial charge in [-0.25, -0.2) is 8.42 Å². The molecule has 0 bridgehead atoms. The third-order valence-electron chi connectivity index (χ3n) is 7.42. The van der Waals surface area contributed by atoms with Gasteiger partial charge in [0.1, 0.15) is 15.7 Å². The van der Waals surface area contributed by atoms with Crippen LogP contribution in [0.3, 0.4) is 0 Å². The SMILES string of the molecule is Cc1cc(C)cc(C2(Cc3nc(=O)c(O)c4n3C[C@H](CCS(C)(=O)=O)N(C)C4=O)CCCC2)c1. The fourth-order valence-corrected chi connectivity index (χ4v) is 6.34. The number of sulfone groups is 1. The van der Waals surface area contributed by atoms with Crippen LogP contribution in [0.1, 0.15) is 65.1 Å². The summed E-state index contributed by atoms with van der Waals surface area (Å²) in [5.41, 5.74) is 2.51. The van der Waals surface area contributed by atoms with Crippen LogP contribution in [0.5, 0.6) is 5.75 Å². The van der Waals surface area contributed by atoms with E-state index in [0.29, 0.717) is 12.2 Å². The number of carbonyl (C=O) groups excluding carboxylic acids is 1. The molecular weight excluding hydrogens is 454 g/mol. The summed E-state index contributed by atoms with van der Waals surface area (Å²) in [5.74, 6) is -0.708. The average Bonchev–Trinajstić information content (AvgIpc) is 3.21. The third kappa shape index (κ3) is 4.62. The zero-order chi connectivity index (χ0) is 24.8. The molecule has 1 N–H and O–H groups in total. The van der Waals surface area contributed by atoms with Gasteiger partial charge in [-0.15, -0.1) is 0 Å². The molecule has 1 aromatic carbocycles. The van der Waals surface area contributed by atoms with E-state index in [4.69, 9.17) is 0 Å². The Balaban J connectivity index is 1.80. The Bertz CT molecular complexity index is 1270. The van der Waals surface area contributed by atoms with Gasteiger partial charge in [0, 0.05) is 31.7 Å². The lowest BCUT2D eigenvalue weighted by molar-refractivity contribution is 0.0637. The molecule has 1 amide bonds. The molecule has 1 saturated carbocycles. The smallest absolute Gasteiger partial charge is 0.315 e. The molecule has 1 fully saturated rings. The minimum Gasteiger partial charge on any atom is -0.501 e. The van der Waals surface area contributed by atoms with Gasteiger partial charge >= 0.3 is 5.56 Å². The van der Waals surface area contributed by atoms with E-state index in [0.717, 1.165) is 25.7 Å². The summed E-state index contributed by atoms with van der Waals surface area (Å²) in [6.45, 7) is 4.43. The van der Waals surface area contributed by atoms with Crippen molar-refractivity contribution in [3.05, 3.63) is 56.8 Å². The van der Waals surface area contributed by atoms with Crippen LogP contribution in [0.4, 0.5) is 0 Å². The molecule has 1 aliphatic heterocycles. The van der Waals surface area contributed by atoms with Gasteiger partial charge in [-0.1, -0.05) is 42.2 Å². The molecule has 1 atom stereocenters. The highest BCUT2D eigenvalue weighted by atomic mass is 32.2. The second kappa shape index (κ2) is 8.83. The summed E-state index contributed by atoms with van der Waals surface area (Å²) in [5, 5.41) is 10.5. The summed E-state index contributed by atoms with van der Waals surface area (Å²) in [6, 6.07) is 6.15. The second-order valence-corrected chi connectivity index (χ2v) is 12.4. The number of aromatic nitrogens is 2. The Kier molecular flexibility index (Phi) is 6.35. The summed E-state index contributed by atoms with van der Waals surface area (Å²) in [4.78, 5) is 31.4. The number of amides is 1. The highest BCUT2D eigenvalue weighted by Gasteiger charge is 2.40. The number of hydrogen-bond acceptors (Lipinski definition) is 6. The number of aryl methyl sites for hydroxylation is 2. The Morgan fingerprint density at radius 2 is 1.74 bits per heavy atom. The minimum absolute atomic E-state index is 0.0495. The normalized spacial score (nSPS) is 19.9. The number of fused-ring (bicyclic) bond motifs is 1. The standard InChI is InChI=1S/C25H33N3O5S/c1-16-11-17(2)13-18(12-16)25(8-5-6-9-25)14-20-26-23(30)22(29)21-24(31)27(3)19(15-28(20)21)7-10-34(4,32)33/h11-13,19,29H,5-10,14-15H2,1-4H3/t19-/m0/s1. The van der Waals surface area contributed by atoms with Gasteiger partial charge in [0.15, 0.2) is 5.69 Å². The molecule has 2 aliphatic rings. The van der Waals surface area contributed by atoms with Crippen molar-refractivity contribution in [3.63, 3.8) is 0 Å². The molecule has 1 aromatic heterocycles. The van der Waals surface area contributed by atoms with Crippen molar-refractivity contribution in [3.8, 4) is 5.75 Å². The number of benzene rings is 1. The molecule has 2 aromatic rings. The fourth-order valence-electron chi connectivity index (χ4n) is 5.64. The zero-order valence-corrected chi connectivity index (χ0v) is 21.1. The molecule has 2 heterocycles. The van der Waals surface area contributed by atoms with Gasteiger partial charge < -0.3 is 14.6 Å². The topological polar surface area (TPSA) is 110 Å². The van der Waals surface area contributed by atoms with Crippen molar-refractivity contribution >= 4 is 15.7 Å². The van der Waals surface area contributed by atoms with E-state index < -0.39 is 27.1 Å². The molecule has 8 nitrogen and oxygen atoms in total. The predicted octanol–water partition coefficient (Wildman–Crippen LogP) is 2.51. The van der Waals surface area contributed by atoms with E-state index in [1.54, 1.807) is 11.6 Å². The summed E-state index contributed by atoms with van der Waals surface area (Å²) in [7, 11) is -1.62. The number of nitrogens with zero attached hydrogens (tertiary/aromatic N) is 3. The maximum absolute atomic E-state index is 13.2. The molecule has 0 spiro atoms. The number of rotatable bonds is 6. The lowest BCUT2D eigenvalue weighted by Gasteiger charge is -2.37. The molecule has 184 valence electrons. The molecule has 4 rings (SSSR count). The number of hydrogen-bond donors (Lipinski definition) is 1. The Morgan fingerprint density at radius 1 is 1.12 bits per heavy atom. The van der Waals surface area contributed by atoms with Crippen molar-refractivity contribution < 1.29 is 18.3 Å². The Morgan fingerprint density at radius 3 is 2.32 bits per heavy atom. The van der Waals surface area contributed by atoms with Crippen molar-refractivity contribution in [1.82, 2.24) is 14.5 Å². The maximum atomic E-state index is 13.2. The van der Waals surface area contributed by atoms with E-state index in [9.17, 15) is 23.1 Å². The summed E-state index contributed by atoms with van der Waals surface area (Å²) < 4.78 is 25.2. The van der Waals surface area contributed by atoms with E-state index in [1.165, 1.54) is 27.8 Å². The Hall–Kier alpha value is -2.68. The second-order valence-electron chi connectivity index (χ2n) is 10.2. The van der Waals surface area contributed by atoms with E-state index in [-0.39, 0.29) is 35.9 Å². The molecule has 0 saturated heterocycles. The van der Waals surface area contributed by atoms with Crippen LogP contribution in [0.15, 0.2) is 23.0 Å². The van der Waals surface area contributed by atoms with Crippen molar-refractivity contribution in [2.24, 2.45) is 0 Å². The maximum Gasteiger partial charge on any atom is 0.315 e. The van der Waals surface area contributed by atoms with Crippen LogP contribution in [0.25, 0.3) is 0 Å². The van der Waals surface area contributed by atoms with Gasteiger partial charge in [-0.05, 0) is 38.7 Å². The van der Waals surface area contributed by atoms with Crippen LogP contribution in [-0.4, -0.2) is 59.0 Å². The zero-order valence-electron chi connectivity index (χ0n) is 20.3. The van der Waals surface area contributed by atoms with Crippen LogP contribution >= 0.6 is 0 Å². The quantitative estimate of drug-likeness (QED) is 0.671. The highest BCUT2D eigenvalue weighted by molar-refractivity contribution is 7.90. The van der Waals surface area contributed by atoms with Crippen molar-refractivity contribution in [2.75, 3.05) is 19.1 Å². The van der Waals surface area contributed by atoms with Crippen molar-refractivity contribution in [2.45, 2.75) is 70.4 Å². The van der Waals surface area contributed by atoms with Gasteiger partial charge in [-0.2, -0.15) is 4.98 Å². The van der Waals surface area contributed by atoms with E-state index >= 15 is 0 Å². The van der Waals surface area contributed by atoms with Gasteiger partial charge in [0.05, 0.1) is 11.8 Å². The summed E-state index contributed by atoms with van der Waals surface area (Å²) in [6.07, 6.45) is 5.97. The van der Waals surface area contributed by atoms with Crippen LogP contribution in [-0.2, 0) is 28.2 Å². The first-order valence-electron chi connectivity index (χ1n) is 11.8. The molecule has 0 unspecified atom stereocenters. The number of carbonyl (C=O) groups is 1. The van der Waals surface area contributed by atoms with Crippen LogP contribution < -0.4 is 5.56 Å². The third-order valence-corrected chi connectivity index (χ3v) is 8.39. The molecule has 9 heteroatoms. The van der Waals surface area contributed by atoms with Crippen LogP contribution in [0, 0.1) is 13.8 Å². The number of likely N-dealkylation sites (N-methyl/N-ethyl adjacent to an activating group) is 1. The largest absolute Gasteiger partial charge is 0.501 e. The Labute approximate surface area is 200 Å². The average molecular weight is 488 g/mol. The first-order chi connectivity index (χ1) is 15.9. The van der Waals surface area contributed by atoms with Crippen molar-refractivity contribution in [1.29, 1.82) is 0 Å². The van der Waals surface area contributed by atoms with Gasteiger partial charge in [0.25, 0.3) is 5.91 Å². The molecule has 0 radical (unpaired) electrons. The lowest BCUT2D eigenvalue weighted by atomic mass is 9.75. The van der Waals surface area contributed by atoms with E-state index in [2.05, 4.69) is 37.0 Å². The fraction of sp³-hybridized carbons (Fsp3) is 0.560. The van der Waals surface area contributed by atoms with Gasteiger partial charge in [0.2, 0.25) is 5.75 Å². The monoisotopic (exact) mass is 487 g/mol. The number of aromatic hydroxyl groups is 1. The highest BCUT2D eigenvalue weighted by Crippen LogP contribution is 2.44. The predicted molar refractivity (Wildman–Crippen MR) is 130 cm³/mol. The van der Waals surface area contributed by atoms with Crippen LogP contribution in [0.2, 0.25) is 0 Å². The molecule has 1 aliphatic carbocycles. The first kappa shape index (κ1) is 24.4. The molecular formula is C25H33N3O5S. The van der Waals surface area contributed by atoms with Gasteiger partial charge in [-0.3, -0.25) is 9.59 Å². The lowest BCUT2D eigenvalue weighted by Crippen LogP contribution is -2.49.